The number of carbonyl (C=O) groups is 1. The van der Waals surface area contributed by atoms with Crippen LogP contribution in [0.25, 0.3) is 0 Å². The molecule has 0 radical (unpaired) electrons. The van der Waals surface area contributed by atoms with E-state index in [9.17, 15) is 14.9 Å². The number of likely N-dealkylation sites (N-methyl/N-ethyl adjacent to an activating group) is 1. The quantitative estimate of drug-likeness (QED) is 0.512. The lowest BCUT2D eigenvalue weighted by molar-refractivity contribution is -0.384. The number of amides is 1. The van der Waals surface area contributed by atoms with Gasteiger partial charge in [-0.25, -0.2) is 0 Å². The number of nitrogens with zero attached hydrogens (tertiary/aromatic N) is 2. The van der Waals surface area contributed by atoms with Crippen LogP contribution in [0.3, 0.4) is 0 Å². The van der Waals surface area contributed by atoms with Gasteiger partial charge >= 0.3 is 0 Å². The molecule has 0 saturated carbocycles. The van der Waals surface area contributed by atoms with Gasteiger partial charge in [0.05, 0.1) is 4.92 Å². The molecule has 0 spiro atoms. The van der Waals surface area contributed by atoms with Crippen LogP contribution in [-0.2, 0) is 6.54 Å². The van der Waals surface area contributed by atoms with E-state index in [4.69, 9.17) is 4.74 Å². The molecule has 0 aliphatic carbocycles. The average molecular weight is 371 g/mol. The third-order valence-corrected chi connectivity index (χ3v) is 4.31. The van der Waals surface area contributed by atoms with E-state index in [1.54, 1.807) is 0 Å². The fourth-order valence-corrected chi connectivity index (χ4v) is 2.63. The van der Waals surface area contributed by atoms with Crippen molar-refractivity contribution < 1.29 is 14.5 Å². The van der Waals surface area contributed by atoms with Crippen LogP contribution in [-0.4, -0.2) is 42.0 Å². The molecule has 144 valence electrons. The number of carbonyl (C=O) groups excluding carboxylic acids is 1. The van der Waals surface area contributed by atoms with Crippen molar-refractivity contribution in [1.29, 1.82) is 0 Å². The molecule has 1 amide bonds. The van der Waals surface area contributed by atoms with E-state index in [2.05, 4.69) is 24.1 Å². The molecule has 0 bridgehead atoms. The van der Waals surface area contributed by atoms with E-state index >= 15 is 0 Å². The molecule has 0 aliphatic heterocycles. The first-order chi connectivity index (χ1) is 13.0. The Kier molecular flexibility index (Phi) is 7.76. The first-order valence-electron chi connectivity index (χ1n) is 9.00. The van der Waals surface area contributed by atoms with Crippen molar-refractivity contribution in [3.8, 4) is 5.75 Å². The summed E-state index contributed by atoms with van der Waals surface area (Å²) >= 11 is 0. The normalized spacial score (nSPS) is 10.6. The van der Waals surface area contributed by atoms with Crippen LogP contribution in [0.4, 0.5) is 5.69 Å². The number of benzene rings is 2. The van der Waals surface area contributed by atoms with E-state index in [0.717, 1.165) is 30.9 Å². The van der Waals surface area contributed by atoms with E-state index in [1.807, 2.05) is 24.3 Å². The molecule has 0 saturated heterocycles. The number of non-ortho nitro benzene ring substituents is 1. The SMILES string of the molecule is CCN(CC)CCOc1ccccc1CNC(=O)c1ccc([N+](=O)[O-])cc1. The maximum Gasteiger partial charge on any atom is 0.269 e. The molecule has 1 N–H and O–H groups in total. The van der Waals surface area contributed by atoms with Gasteiger partial charge in [-0.2, -0.15) is 0 Å². The highest BCUT2D eigenvalue weighted by atomic mass is 16.6. The fraction of sp³-hybridized carbons (Fsp3) is 0.350. The highest BCUT2D eigenvalue weighted by molar-refractivity contribution is 5.94. The zero-order valence-corrected chi connectivity index (χ0v) is 15.7. The predicted octanol–water partition coefficient (Wildman–Crippen LogP) is 3.25. The lowest BCUT2D eigenvalue weighted by Gasteiger charge is -2.19. The third kappa shape index (κ3) is 6.07. The molecule has 0 atom stereocenters. The van der Waals surface area contributed by atoms with Crippen LogP contribution in [0.2, 0.25) is 0 Å². The van der Waals surface area contributed by atoms with Crippen LogP contribution < -0.4 is 10.1 Å². The summed E-state index contributed by atoms with van der Waals surface area (Å²) in [6.45, 7) is 7.93. The van der Waals surface area contributed by atoms with E-state index in [0.29, 0.717) is 18.7 Å². The van der Waals surface area contributed by atoms with Crippen molar-refractivity contribution in [2.24, 2.45) is 0 Å². The Hall–Kier alpha value is -2.93. The lowest BCUT2D eigenvalue weighted by Crippen LogP contribution is -2.28. The molecule has 0 heterocycles. The molecule has 2 rings (SSSR count). The van der Waals surface area contributed by atoms with Crippen LogP contribution in [0.1, 0.15) is 29.8 Å². The number of nitro benzene ring substituents is 1. The monoisotopic (exact) mass is 371 g/mol. The Labute approximate surface area is 159 Å². The predicted molar refractivity (Wildman–Crippen MR) is 104 cm³/mol. The summed E-state index contributed by atoms with van der Waals surface area (Å²) in [6, 6.07) is 13.1. The van der Waals surface area contributed by atoms with Gasteiger partial charge < -0.3 is 15.0 Å². The van der Waals surface area contributed by atoms with Gasteiger partial charge in [0.15, 0.2) is 0 Å². The summed E-state index contributed by atoms with van der Waals surface area (Å²) in [5.41, 5.74) is 1.21. The van der Waals surface area contributed by atoms with Gasteiger partial charge in [-0.1, -0.05) is 32.0 Å². The maximum atomic E-state index is 12.3. The van der Waals surface area contributed by atoms with E-state index in [-0.39, 0.29) is 11.6 Å². The van der Waals surface area contributed by atoms with Crippen LogP contribution >= 0.6 is 0 Å². The summed E-state index contributed by atoms with van der Waals surface area (Å²) in [4.78, 5) is 24.7. The topological polar surface area (TPSA) is 84.7 Å². The third-order valence-electron chi connectivity index (χ3n) is 4.31. The van der Waals surface area contributed by atoms with Crippen LogP contribution in [0, 0.1) is 10.1 Å². The number of nitrogens with one attached hydrogen (secondary N) is 1. The molecule has 0 fully saturated rings. The largest absolute Gasteiger partial charge is 0.492 e. The van der Waals surface area contributed by atoms with Gasteiger partial charge in [0.2, 0.25) is 0 Å². The highest BCUT2D eigenvalue weighted by Gasteiger charge is 2.11. The molecule has 7 heteroatoms. The van der Waals surface area contributed by atoms with Crippen molar-refractivity contribution in [1.82, 2.24) is 10.2 Å². The number of hydrogen-bond donors (Lipinski definition) is 1. The second-order valence-corrected chi connectivity index (χ2v) is 5.97. The fourth-order valence-electron chi connectivity index (χ4n) is 2.63. The zero-order chi connectivity index (χ0) is 19.6. The van der Waals surface area contributed by atoms with Gasteiger partial charge in [0, 0.05) is 36.3 Å². The summed E-state index contributed by atoms with van der Waals surface area (Å²) in [5, 5.41) is 13.5. The molecule has 0 unspecified atom stereocenters. The molecule has 0 aliphatic rings. The Morgan fingerprint density at radius 2 is 1.78 bits per heavy atom. The minimum atomic E-state index is -0.493. The smallest absolute Gasteiger partial charge is 0.269 e. The number of hydrogen-bond acceptors (Lipinski definition) is 5. The number of nitro groups is 1. The van der Waals surface area contributed by atoms with Crippen molar-refractivity contribution in [2.45, 2.75) is 20.4 Å². The average Bonchev–Trinajstić information content (AvgIpc) is 2.70. The lowest BCUT2D eigenvalue weighted by atomic mass is 10.1. The first kappa shape index (κ1) is 20.4. The number of ether oxygens (including phenoxy) is 1. The van der Waals surface area contributed by atoms with Gasteiger partial charge in [0.25, 0.3) is 11.6 Å². The second-order valence-electron chi connectivity index (χ2n) is 5.97. The molecule has 0 aromatic heterocycles. The summed E-state index contributed by atoms with van der Waals surface area (Å²) in [7, 11) is 0. The van der Waals surface area contributed by atoms with Gasteiger partial charge in [-0.3, -0.25) is 14.9 Å². The number of rotatable bonds is 10. The molecular weight excluding hydrogens is 346 g/mol. The Morgan fingerprint density at radius 3 is 2.41 bits per heavy atom. The standard InChI is InChI=1S/C20H25N3O4/c1-3-22(4-2)13-14-27-19-8-6-5-7-17(19)15-21-20(24)16-9-11-18(12-10-16)23(25)26/h5-12H,3-4,13-15H2,1-2H3,(H,21,24). The van der Waals surface area contributed by atoms with Gasteiger partial charge in [0.1, 0.15) is 12.4 Å². The first-order valence-corrected chi connectivity index (χ1v) is 9.00. The Balaban J connectivity index is 1.93. The zero-order valence-electron chi connectivity index (χ0n) is 15.7. The van der Waals surface area contributed by atoms with Crippen molar-refractivity contribution in [3.05, 3.63) is 69.8 Å². The summed E-state index contributed by atoms with van der Waals surface area (Å²) in [6.07, 6.45) is 0. The van der Waals surface area contributed by atoms with E-state index < -0.39 is 4.92 Å². The Morgan fingerprint density at radius 1 is 1.11 bits per heavy atom. The molecule has 2 aromatic carbocycles. The summed E-state index contributed by atoms with van der Waals surface area (Å²) < 4.78 is 5.88. The second kappa shape index (κ2) is 10.3. The molecular formula is C20H25N3O4. The maximum absolute atomic E-state index is 12.3. The van der Waals surface area contributed by atoms with E-state index in [1.165, 1.54) is 24.3 Å². The number of para-hydroxylation sites is 1. The summed E-state index contributed by atoms with van der Waals surface area (Å²) in [5.74, 6) is 0.455. The Bertz CT molecular complexity index is 758. The van der Waals surface area contributed by atoms with Gasteiger partial charge in [-0.05, 0) is 31.3 Å². The van der Waals surface area contributed by atoms with Crippen LogP contribution in [0.15, 0.2) is 48.5 Å². The van der Waals surface area contributed by atoms with Crippen molar-refractivity contribution in [2.75, 3.05) is 26.2 Å². The highest BCUT2D eigenvalue weighted by Crippen LogP contribution is 2.18. The van der Waals surface area contributed by atoms with Gasteiger partial charge in [-0.15, -0.1) is 0 Å². The minimum Gasteiger partial charge on any atom is -0.492 e. The van der Waals surface area contributed by atoms with Crippen LogP contribution in [0.5, 0.6) is 5.75 Å². The van der Waals surface area contributed by atoms with Crippen molar-refractivity contribution in [3.63, 3.8) is 0 Å². The van der Waals surface area contributed by atoms with Crippen molar-refractivity contribution >= 4 is 11.6 Å². The molecule has 27 heavy (non-hydrogen) atoms. The minimum absolute atomic E-state index is 0.0431. The molecule has 7 nitrogen and oxygen atoms in total. The molecule has 2 aromatic rings.